The zero-order valence-corrected chi connectivity index (χ0v) is 15.8. The molecule has 2 aliphatic heterocycles. The average Bonchev–Trinajstić information content (AvgIpc) is 3.21. The maximum atomic E-state index is 8.97. The zero-order valence-electron chi connectivity index (χ0n) is 15.8. The van der Waals surface area contributed by atoms with Crippen LogP contribution in [0.5, 0.6) is 0 Å². The van der Waals surface area contributed by atoms with Crippen molar-refractivity contribution in [2.45, 2.75) is 19.8 Å². The van der Waals surface area contributed by atoms with E-state index in [-0.39, 0.29) is 5.41 Å². The Morgan fingerprint density at radius 2 is 1.86 bits per heavy atom. The minimum Gasteiger partial charge on any atom is -0.355 e. The summed E-state index contributed by atoms with van der Waals surface area (Å²) in [5.74, 6) is 2.41. The van der Waals surface area contributed by atoms with Crippen LogP contribution in [0.1, 0.15) is 25.3 Å². The Kier molecular flexibility index (Phi) is 3.90. The molecule has 0 spiro atoms. The maximum absolute atomic E-state index is 8.97. The molecule has 0 aliphatic carbocycles. The van der Waals surface area contributed by atoms with Gasteiger partial charge in [-0.25, -0.2) is 19.9 Å². The van der Waals surface area contributed by atoms with Gasteiger partial charge in [-0.3, -0.25) is 0 Å². The van der Waals surface area contributed by atoms with E-state index in [1.165, 1.54) is 0 Å². The quantitative estimate of drug-likeness (QED) is 0.735. The third-order valence-electron chi connectivity index (χ3n) is 6.27. The van der Waals surface area contributed by atoms with Crippen molar-refractivity contribution in [1.29, 1.82) is 5.26 Å². The number of hydrogen-bond acceptors (Lipinski definition) is 7. The molecular formula is C20H22N8. The van der Waals surface area contributed by atoms with Crippen LogP contribution in [-0.2, 0) is 0 Å². The number of aromatic amines is 1. The van der Waals surface area contributed by atoms with Crippen LogP contribution >= 0.6 is 0 Å². The summed E-state index contributed by atoms with van der Waals surface area (Å²) in [6.07, 6.45) is 9.06. The molecule has 8 nitrogen and oxygen atoms in total. The molecule has 0 unspecified atom stereocenters. The van der Waals surface area contributed by atoms with Crippen molar-refractivity contribution in [3.05, 3.63) is 36.5 Å². The lowest BCUT2D eigenvalue weighted by Gasteiger charge is -2.52. The van der Waals surface area contributed by atoms with Crippen LogP contribution in [0.3, 0.4) is 0 Å². The molecule has 0 radical (unpaired) electrons. The molecule has 8 heteroatoms. The molecule has 0 bridgehead atoms. The number of nitriles is 1. The van der Waals surface area contributed by atoms with E-state index >= 15 is 0 Å². The average molecular weight is 374 g/mol. The summed E-state index contributed by atoms with van der Waals surface area (Å²) in [7, 11) is 0. The van der Waals surface area contributed by atoms with E-state index in [0.717, 1.165) is 55.9 Å². The van der Waals surface area contributed by atoms with E-state index in [1.807, 2.05) is 6.20 Å². The summed E-state index contributed by atoms with van der Waals surface area (Å²) in [6.45, 7) is 6.20. The van der Waals surface area contributed by atoms with Crippen LogP contribution in [0.25, 0.3) is 11.0 Å². The lowest BCUT2D eigenvalue weighted by molar-refractivity contribution is 0.124. The van der Waals surface area contributed by atoms with Gasteiger partial charge < -0.3 is 14.8 Å². The van der Waals surface area contributed by atoms with E-state index in [0.29, 0.717) is 17.4 Å². The van der Waals surface area contributed by atoms with Crippen molar-refractivity contribution in [2.24, 2.45) is 11.3 Å². The van der Waals surface area contributed by atoms with Crippen LogP contribution in [0, 0.1) is 22.7 Å². The van der Waals surface area contributed by atoms with Crippen LogP contribution < -0.4 is 9.80 Å². The highest BCUT2D eigenvalue weighted by molar-refractivity contribution is 5.87. The molecule has 2 saturated heterocycles. The van der Waals surface area contributed by atoms with Gasteiger partial charge in [-0.1, -0.05) is 6.92 Å². The Labute approximate surface area is 163 Å². The molecule has 0 aromatic carbocycles. The smallest absolute Gasteiger partial charge is 0.225 e. The first-order chi connectivity index (χ1) is 13.7. The second-order valence-electron chi connectivity index (χ2n) is 8.09. The molecule has 28 heavy (non-hydrogen) atoms. The Hall–Kier alpha value is -3.21. The highest BCUT2D eigenvalue weighted by Crippen LogP contribution is 2.43. The van der Waals surface area contributed by atoms with Gasteiger partial charge >= 0.3 is 0 Å². The first-order valence-corrected chi connectivity index (χ1v) is 9.66. The second kappa shape index (κ2) is 6.44. The van der Waals surface area contributed by atoms with Crippen molar-refractivity contribution < 1.29 is 0 Å². The Morgan fingerprint density at radius 3 is 2.64 bits per heavy atom. The third kappa shape index (κ3) is 2.74. The van der Waals surface area contributed by atoms with Crippen molar-refractivity contribution in [1.82, 2.24) is 24.9 Å². The first kappa shape index (κ1) is 16.9. The molecule has 2 fully saturated rings. The fourth-order valence-corrected chi connectivity index (χ4v) is 4.81. The second-order valence-corrected chi connectivity index (χ2v) is 8.09. The molecule has 5 rings (SSSR count). The van der Waals surface area contributed by atoms with E-state index < -0.39 is 0 Å². The molecular weight excluding hydrogens is 352 g/mol. The van der Waals surface area contributed by atoms with Crippen molar-refractivity contribution in [3.63, 3.8) is 0 Å². The van der Waals surface area contributed by atoms with E-state index in [2.05, 4.69) is 53.8 Å². The van der Waals surface area contributed by atoms with Crippen molar-refractivity contribution >= 4 is 22.8 Å². The molecule has 2 atom stereocenters. The number of hydrogen-bond donors (Lipinski definition) is 1. The predicted octanol–water partition coefficient (Wildman–Crippen LogP) is 2.36. The molecule has 0 saturated carbocycles. The highest BCUT2D eigenvalue weighted by Gasteiger charge is 2.44. The summed E-state index contributed by atoms with van der Waals surface area (Å²) in [4.78, 5) is 25.6. The van der Waals surface area contributed by atoms with Crippen molar-refractivity contribution in [3.8, 4) is 6.07 Å². The van der Waals surface area contributed by atoms with Crippen LogP contribution in [0.15, 0.2) is 31.0 Å². The topological polar surface area (TPSA) is 97.6 Å². The van der Waals surface area contributed by atoms with Crippen LogP contribution in [0.4, 0.5) is 11.8 Å². The molecule has 1 N–H and O–H groups in total. The number of anilines is 2. The Bertz CT molecular complexity index is 1040. The number of H-pyrrole nitrogens is 1. The lowest BCUT2D eigenvalue weighted by atomic mass is 9.68. The summed E-state index contributed by atoms with van der Waals surface area (Å²) in [5, 5.41) is 10.0. The number of nitrogens with one attached hydrogen (secondary N) is 1. The van der Waals surface area contributed by atoms with E-state index in [4.69, 9.17) is 5.26 Å². The number of rotatable bonds is 2. The van der Waals surface area contributed by atoms with Gasteiger partial charge in [0.05, 0.1) is 23.3 Å². The first-order valence-electron chi connectivity index (χ1n) is 9.66. The predicted molar refractivity (Wildman–Crippen MR) is 106 cm³/mol. The third-order valence-corrected chi connectivity index (χ3v) is 6.27. The molecule has 2 aliphatic rings. The molecule has 5 heterocycles. The van der Waals surface area contributed by atoms with E-state index in [9.17, 15) is 0 Å². The number of fused-ring (bicyclic) bond motifs is 2. The van der Waals surface area contributed by atoms with Gasteiger partial charge in [0.2, 0.25) is 5.95 Å². The fourth-order valence-electron chi connectivity index (χ4n) is 4.81. The zero-order chi connectivity index (χ0) is 19.1. The van der Waals surface area contributed by atoms with Crippen LogP contribution in [0.2, 0.25) is 0 Å². The molecule has 0 amide bonds. The highest BCUT2D eigenvalue weighted by atomic mass is 15.3. The fraction of sp³-hybridized carbons (Fsp3) is 0.450. The van der Waals surface area contributed by atoms with Gasteiger partial charge in [-0.2, -0.15) is 5.26 Å². The normalized spacial score (nSPS) is 24.8. The number of piperidine rings is 2. The van der Waals surface area contributed by atoms with Crippen molar-refractivity contribution in [2.75, 3.05) is 36.0 Å². The summed E-state index contributed by atoms with van der Waals surface area (Å²) in [6, 6.07) is 4.13. The molecule has 3 aromatic heterocycles. The van der Waals surface area contributed by atoms with Gasteiger partial charge in [0.25, 0.3) is 0 Å². The minimum absolute atomic E-state index is 0.126. The minimum atomic E-state index is 0.126. The summed E-state index contributed by atoms with van der Waals surface area (Å²) in [5.41, 5.74) is 1.50. The van der Waals surface area contributed by atoms with E-state index in [1.54, 1.807) is 18.7 Å². The van der Waals surface area contributed by atoms with Crippen LogP contribution in [-0.4, -0.2) is 51.1 Å². The maximum Gasteiger partial charge on any atom is 0.225 e. The summed E-state index contributed by atoms with van der Waals surface area (Å²) < 4.78 is 0. The largest absolute Gasteiger partial charge is 0.355 e. The molecule has 3 aromatic rings. The SMILES string of the molecule is C[C@]12CN(c3ncc(C#N)cn3)CC[C@H]1CCN(c1ncnc3[nH]ccc13)C2. The lowest BCUT2D eigenvalue weighted by Crippen LogP contribution is -2.57. The summed E-state index contributed by atoms with van der Waals surface area (Å²) >= 11 is 0. The Morgan fingerprint density at radius 1 is 1.11 bits per heavy atom. The standard InChI is InChI=1S/C20H22N8/c1-20-11-27(18-16-2-5-22-17(16)25-13-26-18)6-3-15(20)4-7-28(12-20)19-23-9-14(8-21)10-24-19/h2,5,9-10,13,15H,3-4,6-7,11-12H2,1H3,(H,22,25,26)/t15-,20+/m1/s1. The molecule has 142 valence electrons. The van der Waals surface area contributed by atoms with Gasteiger partial charge in [0.15, 0.2) is 0 Å². The van der Waals surface area contributed by atoms with Gasteiger partial charge in [-0.15, -0.1) is 0 Å². The Balaban J connectivity index is 1.40. The van der Waals surface area contributed by atoms with Gasteiger partial charge in [0, 0.05) is 37.8 Å². The monoisotopic (exact) mass is 374 g/mol. The van der Waals surface area contributed by atoms with Gasteiger partial charge in [0.1, 0.15) is 23.9 Å². The van der Waals surface area contributed by atoms with Gasteiger partial charge in [-0.05, 0) is 24.8 Å². The number of aromatic nitrogens is 5. The number of nitrogens with zero attached hydrogens (tertiary/aromatic N) is 7.